The molecule has 2 aromatic rings. The van der Waals surface area contributed by atoms with Crippen LogP contribution >= 0.6 is 0 Å². The monoisotopic (exact) mass is 355 g/mol. The summed E-state index contributed by atoms with van der Waals surface area (Å²) < 4.78 is 1.84. The molecule has 1 aliphatic rings. The molecule has 3 rings (SSSR count). The van der Waals surface area contributed by atoms with Gasteiger partial charge in [-0.1, -0.05) is 0 Å². The number of aromatic nitrogens is 3. The Labute approximate surface area is 153 Å². The van der Waals surface area contributed by atoms with Crippen LogP contribution in [0, 0.1) is 0 Å². The molecular weight excluding hydrogens is 330 g/mol. The van der Waals surface area contributed by atoms with E-state index in [1.165, 1.54) is 5.56 Å². The molecule has 2 aromatic heterocycles. The predicted molar refractivity (Wildman–Crippen MR) is 100 cm³/mol. The van der Waals surface area contributed by atoms with Crippen LogP contribution in [0.1, 0.15) is 28.3 Å². The van der Waals surface area contributed by atoms with Crippen LogP contribution in [0.3, 0.4) is 0 Å². The number of nitrogens with zero attached hydrogens (tertiary/aromatic N) is 5. The maximum Gasteiger partial charge on any atom is 0.252 e. The number of nitrogens with one attached hydrogen (secondary N) is 2. The molecule has 1 amide bonds. The van der Waals surface area contributed by atoms with E-state index in [0.29, 0.717) is 24.6 Å². The third-order valence-electron chi connectivity index (χ3n) is 4.51. The molecule has 2 N–H and O–H groups in total. The van der Waals surface area contributed by atoms with Crippen molar-refractivity contribution < 1.29 is 4.79 Å². The Morgan fingerprint density at radius 2 is 2.19 bits per heavy atom. The molecule has 1 atom stereocenters. The van der Waals surface area contributed by atoms with Gasteiger partial charge in [0.2, 0.25) is 0 Å². The molecule has 138 valence electrons. The number of amides is 1. The average molecular weight is 355 g/mol. The van der Waals surface area contributed by atoms with Crippen LogP contribution in [-0.2, 0) is 7.05 Å². The fourth-order valence-corrected chi connectivity index (χ4v) is 3.16. The molecule has 0 spiro atoms. The van der Waals surface area contributed by atoms with Gasteiger partial charge in [-0.25, -0.2) is 0 Å². The van der Waals surface area contributed by atoms with Crippen LogP contribution in [0.4, 0.5) is 0 Å². The summed E-state index contributed by atoms with van der Waals surface area (Å²) in [4.78, 5) is 22.6. The van der Waals surface area contributed by atoms with E-state index in [1.54, 1.807) is 31.6 Å². The maximum absolute atomic E-state index is 12.0. The first-order valence-corrected chi connectivity index (χ1v) is 8.79. The van der Waals surface area contributed by atoms with Gasteiger partial charge in [-0.15, -0.1) is 0 Å². The van der Waals surface area contributed by atoms with Gasteiger partial charge in [0.05, 0.1) is 11.8 Å². The van der Waals surface area contributed by atoms with E-state index >= 15 is 0 Å². The van der Waals surface area contributed by atoms with E-state index in [-0.39, 0.29) is 5.91 Å². The van der Waals surface area contributed by atoms with Crippen molar-refractivity contribution in [2.45, 2.75) is 12.3 Å². The smallest absolute Gasteiger partial charge is 0.252 e. The zero-order chi connectivity index (χ0) is 18.4. The standard InChI is InChI=1S/C18H25N7O/c1-19-18(22-8-7-21-17(26)14-4-3-6-20-10-14)25-9-5-15(13-25)16-11-23-24(2)12-16/h3-4,6,10-12,15H,5,7-9,13H2,1-2H3,(H,19,22)(H,21,26). The van der Waals surface area contributed by atoms with Gasteiger partial charge >= 0.3 is 0 Å². The molecule has 0 aliphatic carbocycles. The highest BCUT2D eigenvalue weighted by Crippen LogP contribution is 2.26. The van der Waals surface area contributed by atoms with Gasteiger partial charge in [-0.05, 0) is 24.1 Å². The van der Waals surface area contributed by atoms with Gasteiger partial charge < -0.3 is 15.5 Å². The second kappa shape index (κ2) is 8.46. The van der Waals surface area contributed by atoms with E-state index in [2.05, 4.69) is 36.8 Å². The normalized spacial score (nSPS) is 17.4. The van der Waals surface area contributed by atoms with Crippen molar-refractivity contribution in [1.29, 1.82) is 0 Å². The van der Waals surface area contributed by atoms with Crippen molar-refractivity contribution in [3.8, 4) is 0 Å². The molecule has 1 unspecified atom stereocenters. The summed E-state index contributed by atoms with van der Waals surface area (Å²) in [5.74, 6) is 1.23. The van der Waals surface area contributed by atoms with Gasteiger partial charge in [-0.2, -0.15) is 5.10 Å². The Kier molecular flexibility index (Phi) is 5.83. The Morgan fingerprint density at radius 3 is 2.88 bits per heavy atom. The number of aryl methyl sites for hydroxylation is 1. The molecular formula is C18H25N7O. The predicted octanol–water partition coefficient (Wildman–Crippen LogP) is 0.610. The number of carbonyl (C=O) groups is 1. The van der Waals surface area contributed by atoms with Crippen LogP contribution in [0.25, 0.3) is 0 Å². The van der Waals surface area contributed by atoms with E-state index in [0.717, 1.165) is 25.5 Å². The van der Waals surface area contributed by atoms with Crippen LogP contribution in [0.2, 0.25) is 0 Å². The first-order chi connectivity index (χ1) is 12.7. The summed E-state index contributed by atoms with van der Waals surface area (Å²) in [6.07, 6.45) is 8.32. The van der Waals surface area contributed by atoms with E-state index in [1.807, 2.05) is 17.9 Å². The fraction of sp³-hybridized carbons (Fsp3) is 0.444. The highest BCUT2D eigenvalue weighted by Gasteiger charge is 2.26. The summed E-state index contributed by atoms with van der Waals surface area (Å²) >= 11 is 0. The first-order valence-electron chi connectivity index (χ1n) is 8.79. The van der Waals surface area contributed by atoms with Gasteiger partial charge in [0.25, 0.3) is 5.91 Å². The number of likely N-dealkylation sites (tertiary alicyclic amines) is 1. The number of aliphatic imine (C=N–C) groups is 1. The lowest BCUT2D eigenvalue weighted by atomic mass is 10.0. The molecule has 3 heterocycles. The van der Waals surface area contributed by atoms with Crippen LogP contribution in [-0.4, -0.2) is 64.8 Å². The quantitative estimate of drug-likeness (QED) is 0.466. The van der Waals surface area contributed by atoms with Crippen LogP contribution in [0.15, 0.2) is 41.9 Å². The molecule has 1 fully saturated rings. The number of pyridine rings is 1. The highest BCUT2D eigenvalue weighted by atomic mass is 16.1. The Hall–Kier alpha value is -2.90. The molecule has 1 saturated heterocycles. The van der Waals surface area contributed by atoms with Gasteiger partial charge in [0.1, 0.15) is 0 Å². The Bertz CT molecular complexity index is 756. The minimum Gasteiger partial charge on any atom is -0.354 e. The molecule has 1 aliphatic heterocycles. The minimum absolute atomic E-state index is 0.118. The highest BCUT2D eigenvalue weighted by molar-refractivity contribution is 5.93. The molecule has 8 heteroatoms. The van der Waals surface area contributed by atoms with Gasteiger partial charge in [0.15, 0.2) is 5.96 Å². The van der Waals surface area contributed by atoms with Crippen molar-refractivity contribution in [2.24, 2.45) is 12.0 Å². The Balaban J connectivity index is 1.43. The van der Waals surface area contributed by atoms with E-state index in [4.69, 9.17) is 0 Å². The second-order valence-electron chi connectivity index (χ2n) is 6.35. The van der Waals surface area contributed by atoms with Crippen LogP contribution in [0.5, 0.6) is 0 Å². The summed E-state index contributed by atoms with van der Waals surface area (Å²) in [5.41, 5.74) is 1.84. The zero-order valence-corrected chi connectivity index (χ0v) is 15.2. The summed E-state index contributed by atoms with van der Waals surface area (Å²) in [6.45, 7) is 3.02. The lowest BCUT2D eigenvalue weighted by molar-refractivity contribution is 0.0954. The lowest BCUT2D eigenvalue weighted by Crippen LogP contribution is -2.43. The molecule has 0 bridgehead atoms. The molecule has 26 heavy (non-hydrogen) atoms. The average Bonchev–Trinajstić information content (AvgIpc) is 3.31. The zero-order valence-electron chi connectivity index (χ0n) is 15.2. The second-order valence-corrected chi connectivity index (χ2v) is 6.35. The minimum atomic E-state index is -0.118. The van der Waals surface area contributed by atoms with Crippen molar-refractivity contribution in [1.82, 2.24) is 30.3 Å². The summed E-state index contributed by atoms with van der Waals surface area (Å²) in [5, 5.41) is 10.5. The fourth-order valence-electron chi connectivity index (χ4n) is 3.16. The number of hydrogen-bond acceptors (Lipinski definition) is 4. The van der Waals surface area contributed by atoms with Crippen LogP contribution < -0.4 is 10.6 Å². The first kappa shape index (κ1) is 17.9. The van der Waals surface area contributed by atoms with E-state index in [9.17, 15) is 4.79 Å². The topological polar surface area (TPSA) is 87.4 Å². The third-order valence-corrected chi connectivity index (χ3v) is 4.51. The summed E-state index contributed by atoms with van der Waals surface area (Å²) in [6, 6.07) is 3.50. The molecule has 8 nitrogen and oxygen atoms in total. The molecule has 0 aromatic carbocycles. The number of guanidine groups is 1. The number of carbonyl (C=O) groups excluding carboxylic acids is 1. The SMILES string of the molecule is CN=C(NCCNC(=O)c1cccnc1)N1CCC(c2cnn(C)c2)C1. The van der Waals surface area contributed by atoms with Gasteiger partial charge in [0, 0.05) is 64.8 Å². The van der Waals surface area contributed by atoms with Gasteiger partial charge in [-0.3, -0.25) is 19.5 Å². The Morgan fingerprint density at radius 1 is 1.35 bits per heavy atom. The van der Waals surface area contributed by atoms with Crippen molar-refractivity contribution >= 4 is 11.9 Å². The lowest BCUT2D eigenvalue weighted by Gasteiger charge is -2.21. The largest absolute Gasteiger partial charge is 0.354 e. The van der Waals surface area contributed by atoms with Crippen molar-refractivity contribution in [3.63, 3.8) is 0 Å². The van der Waals surface area contributed by atoms with Crippen molar-refractivity contribution in [2.75, 3.05) is 33.2 Å². The summed E-state index contributed by atoms with van der Waals surface area (Å²) in [7, 11) is 3.73. The number of rotatable bonds is 5. The number of hydrogen-bond donors (Lipinski definition) is 2. The molecule has 0 saturated carbocycles. The van der Waals surface area contributed by atoms with E-state index < -0.39 is 0 Å². The van der Waals surface area contributed by atoms with Crippen molar-refractivity contribution in [3.05, 3.63) is 48.0 Å². The maximum atomic E-state index is 12.0. The molecule has 0 radical (unpaired) electrons. The third kappa shape index (κ3) is 4.38.